The van der Waals surface area contributed by atoms with Gasteiger partial charge >= 0.3 is 6.03 Å². The second kappa shape index (κ2) is 9.32. The van der Waals surface area contributed by atoms with Gasteiger partial charge in [0.05, 0.1) is 0 Å². The number of anilines is 1. The summed E-state index contributed by atoms with van der Waals surface area (Å²) in [5.41, 5.74) is 0.577. The number of nitrogens with zero attached hydrogens (tertiary/aromatic N) is 1. The number of halogens is 1. The molecule has 1 aromatic carbocycles. The monoisotopic (exact) mass is 387 g/mol. The minimum Gasteiger partial charge on any atom is -0.352 e. The van der Waals surface area contributed by atoms with Crippen molar-refractivity contribution < 1.29 is 14.0 Å². The smallest absolute Gasteiger partial charge is 0.321 e. The highest BCUT2D eigenvalue weighted by Gasteiger charge is 2.23. The first-order valence-electron chi connectivity index (χ1n) is 8.91. The summed E-state index contributed by atoms with van der Waals surface area (Å²) in [6.45, 7) is 1.89. The molecule has 2 aromatic rings. The lowest BCUT2D eigenvalue weighted by molar-refractivity contribution is -0.116. The third-order valence-corrected chi connectivity index (χ3v) is 5.34. The van der Waals surface area contributed by atoms with Crippen LogP contribution in [0.25, 0.3) is 6.08 Å². The van der Waals surface area contributed by atoms with Gasteiger partial charge in [-0.25, -0.2) is 9.18 Å². The number of urea groups is 1. The molecule has 0 spiro atoms. The zero-order valence-corrected chi connectivity index (χ0v) is 15.7. The number of carbonyl (C=O) groups is 2. The summed E-state index contributed by atoms with van der Waals surface area (Å²) in [6, 6.07) is 9.44. The Morgan fingerprint density at radius 2 is 1.93 bits per heavy atom. The molecule has 1 aliphatic heterocycles. The highest BCUT2D eigenvalue weighted by molar-refractivity contribution is 7.10. The fourth-order valence-electron chi connectivity index (χ4n) is 2.92. The molecule has 3 rings (SSSR count). The van der Waals surface area contributed by atoms with E-state index in [0.717, 1.165) is 17.7 Å². The van der Waals surface area contributed by atoms with Crippen LogP contribution in [0.2, 0.25) is 0 Å². The number of likely N-dealkylation sites (tertiary alicyclic amines) is 1. The molecule has 0 radical (unpaired) electrons. The molecule has 27 heavy (non-hydrogen) atoms. The fourth-order valence-corrected chi connectivity index (χ4v) is 3.54. The lowest BCUT2D eigenvalue weighted by atomic mass is 9.97. The van der Waals surface area contributed by atoms with E-state index in [1.807, 2.05) is 23.6 Å². The Labute approximate surface area is 161 Å². The molecule has 0 bridgehead atoms. The van der Waals surface area contributed by atoms with Crippen LogP contribution in [-0.2, 0) is 4.79 Å². The van der Waals surface area contributed by atoms with Crippen molar-refractivity contribution in [1.29, 1.82) is 0 Å². The van der Waals surface area contributed by atoms with Crippen molar-refractivity contribution in [1.82, 2.24) is 10.2 Å². The zero-order chi connectivity index (χ0) is 19.1. The van der Waals surface area contributed by atoms with Gasteiger partial charge in [0.2, 0.25) is 5.91 Å². The average Bonchev–Trinajstić information content (AvgIpc) is 3.20. The molecule has 5 nitrogen and oxygen atoms in total. The molecular weight excluding hydrogens is 365 g/mol. The predicted molar refractivity (Wildman–Crippen MR) is 106 cm³/mol. The number of benzene rings is 1. The second-order valence-electron chi connectivity index (χ2n) is 6.46. The van der Waals surface area contributed by atoms with Crippen LogP contribution < -0.4 is 10.6 Å². The molecule has 0 unspecified atom stereocenters. The minimum absolute atomic E-state index is 0.0973. The van der Waals surface area contributed by atoms with Crippen molar-refractivity contribution in [3.05, 3.63) is 58.5 Å². The summed E-state index contributed by atoms with van der Waals surface area (Å²) < 4.78 is 12.9. The lowest BCUT2D eigenvalue weighted by Crippen LogP contribution is -2.43. The maximum atomic E-state index is 12.9. The molecule has 1 aromatic heterocycles. The van der Waals surface area contributed by atoms with Crippen molar-refractivity contribution in [2.24, 2.45) is 5.92 Å². The number of carbonyl (C=O) groups excluding carboxylic acids is 2. The maximum Gasteiger partial charge on any atom is 0.321 e. The van der Waals surface area contributed by atoms with Gasteiger partial charge in [-0.3, -0.25) is 4.79 Å². The molecular formula is C20H22FN3O2S. The summed E-state index contributed by atoms with van der Waals surface area (Å²) in [5, 5.41) is 7.67. The van der Waals surface area contributed by atoms with Crippen LogP contribution in [0, 0.1) is 11.7 Å². The van der Waals surface area contributed by atoms with Gasteiger partial charge in [0.25, 0.3) is 0 Å². The van der Waals surface area contributed by atoms with E-state index < -0.39 is 0 Å². The van der Waals surface area contributed by atoms with Crippen molar-refractivity contribution in [2.45, 2.75) is 12.8 Å². The van der Waals surface area contributed by atoms with Crippen molar-refractivity contribution in [3.8, 4) is 0 Å². The summed E-state index contributed by atoms with van der Waals surface area (Å²) in [6.07, 6.45) is 5.04. The normalized spacial score (nSPS) is 15.1. The molecule has 0 atom stereocenters. The molecule has 7 heteroatoms. The van der Waals surface area contributed by atoms with E-state index in [4.69, 9.17) is 0 Å². The Morgan fingerprint density at radius 1 is 1.19 bits per heavy atom. The third kappa shape index (κ3) is 5.92. The van der Waals surface area contributed by atoms with Crippen molar-refractivity contribution >= 4 is 35.0 Å². The van der Waals surface area contributed by atoms with E-state index in [1.54, 1.807) is 34.4 Å². The Bertz CT molecular complexity index is 782. The maximum absolute atomic E-state index is 12.9. The third-order valence-electron chi connectivity index (χ3n) is 4.50. The highest BCUT2D eigenvalue weighted by Crippen LogP contribution is 2.18. The Kier molecular flexibility index (Phi) is 6.59. The number of rotatable bonds is 5. The fraction of sp³-hybridized carbons (Fsp3) is 0.300. The number of hydrogen-bond donors (Lipinski definition) is 2. The number of nitrogens with one attached hydrogen (secondary N) is 2. The molecule has 3 amide bonds. The van der Waals surface area contributed by atoms with Crippen LogP contribution >= 0.6 is 11.3 Å². The molecule has 2 N–H and O–H groups in total. The number of amides is 3. The Morgan fingerprint density at radius 3 is 2.59 bits per heavy atom. The lowest BCUT2D eigenvalue weighted by Gasteiger charge is -2.32. The zero-order valence-electron chi connectivity index (χ0n) is 14.9. The molecule has 0 saturated carbocycles. The van der Waals surface area contributed by atoms with E-state index in [9.17, 15) is 14.0 Å². The molecule has 2 heterocycles. The van der Waals surface area contributed by atoms with Crippen molar-refractivity contribution in [3.63, 3.8) is 0 Å². The van der Waals surface area contributed by atoms with Crippen LogP contribution in [0.5, 0.6) is 0 Å². The second-order valence-corrected chi connectivity index (χ2v) is 7.44. The average molecular weight is 387 g/mol. The first kappa shape index (κ1) is 19.1. The van der Waals surface area contributed by atoms with E-state index in [-0.39, 0.29) is 17.8 Å². The SMILES string of the molecule is O=C(/C=C/c1cccs1)NCC1CCN(C(=O)Nc2ccc(F)cc2)CC1. The van der Waals surface area contributed by atoms with Gasteiger partial charge in [0.15, 0.2) is 0 Å². The molecule has 142 valence electrons. The summed E-state index contributed by atoms with van der Waals surface area (Å²) in [7, 11) is 0. The molecule has 1 aliphatic rings. The largest absolute Gasteiger partial charge is 0.352 e. The van der Waals surface area contributed by atoms with E-state index >= 15 is 0 Å². The van der Waals surface area contributed by atoms with E-state index in [0.29, 0.717) is 31.2 Å². The van der Waals surface area contributed by atoms with Gasteiger partial charge < -0.3 is 15.5 Å². The predicted octanol–water partition coefficient (Wildman–Crippen LogP) is 3.96. The van der Waals surface area contributed by atoms with Gasteiger partial charge in [-0.05, 0) is 60.5 Å². The summed E-state index contributed by atoms with van der Waals surface area (Å²) >= 11 is 1.59. The van der Waals surface area contributed by atoms with Gasteiger partial charge in [0, 0.05) is 36.3 Å². The van der Waals surface area contributed by atoms with Crippen molar-refractivity contribution in [2.75, 3.05) is 25.0 Å². The standard InChI is InChI=1S/C20H22FN3O2S/c21-16-3-5-17(6-4-16)23-20(26)24-11-9-15(10-12-24)14-22-19(25)8-7-18-2-1-13-27-18/h1-8,13,15H,9-12,14H2,(H,22,25)(H,23,26)/b8-7+. The van der Waals surface area contributed by atoms with E-state index in [1.165, 1.54) is 12.1 Å². The van der Waals surface area contributed by atoms with Gasteiger partial charge in [0.1, 0.15) is 5.82 Å². The Hall–Kier alpha value is -2.67. The molecule has 0 aliphatic carbocycles. The topological polar surface area (TPSA) is 61.4 Å². The van der Waals surface area contributed by atoms with Gasteiger partial charge in [-0.2, -0.15) is 0 Å². The number of thiophene rings is 1. The molecule has 1 saturated heterocycles. The van der Waals surface area contributed by atoms with Crippen LogP contribution in [0.4, 0.5) is 14.9 Å². The summed E-state index contributed by atoms with van der Waals surface area (Å²) in [5.74, 6) is -0.0695. The van der Waals surface area contributed by atoms with Crippen LogP contribution in [-0.4, -0.2) is 36.5 Å². The highest BCUT2D eigenvalue weighted by atomic mass is 32.1. The van der Waals surface area contributed by atoms with Crippen LogP contribution in [0.1, 0.15) is 17.7 Å². The molecule has 1 fully saturated rings. The Balaban J connectivity index is 1.37. The van der Waals surface area contributed by atoms with Gasteiger partial charge in [-0.15, -0.1) is 11.3 Å². The first-order chi connectivity index (χ1) is 13.1. The number of hydrogen-bond acceptors (Lipinski definition) is 3. The van der Waals surface area contributed by atoms with Crippen LogP contribution in [0.15, 0.2) is 47.9 Å². The quantitative estimate of drug-likeness (QED) is 0.763. The minimum atomic E-state index is -0.332. The van der Waals surface area contributed by atoms with E-state index in [2.05, 4.69) is 10.6 Å². The first-order valence-corrected chi connectivity index (χ1v) is 9.79. The summed E-state index contributed by atoms with van der Waals surface area (Å²) in [4.78, 5) is 26.9. The number of piperidine rings is 1. The van der Waals surface area contributed by atoms with Gasteiger partial charge in [-0.1, -0.05) is 6.07 Å². The van der Waals surface area contributed by atoms with Crippen LogP contribution in [0.3, 0.4) is 0 Å².